The van der Waals surface area contributed by atoms with Crippen LogP contribution in [0.15, 0.2) is 30.3 Å². The molecule has 0 heterocycles. The van der Waals surface area contributed by atoms with Gasteiger partial charge in [0.05, 0.1) is 7.82 Å². The number of para-hydroxylation sites is 1. The quantitative estimate of drug-likeness (QED) is 0.532. The molecular weight excluding hydrogens is 207 g/mol. The molecule has 0 aliphatic carbocycles. The largest absolute Gasteiger partial charge is 0.790 e. The molecule has 0 aromatic heterocycles. The highest BCUT2D eigenvalue weighted by Gasteiger charge is 2.04. The molecular formula is C8H9O5P-2. The minimum absolute atomic E-state index is 0.438. The Balaban J connectivity index is 2.50. The SMILES string of the molecule is CC(Oc1ccccc1)OP(=O)([O-])[O-]. The van der Waals surface area contributed by atoms with Gasteiger partial charge < -0.3 is 23.6 Å². The standard InChI is InChI=1S/C8H11O5P/c1-7(13-14(9,10)11)12-8-5-3-2-4-6-8/h2-7H,1H3,(H2,9,10,11)/p-2. The van der Waals surface area contributed by atoms with Gasteiger partial charge in [-0.25, -0.2) is 0 Å². The van der Waals surface area contributed by atoms with Crippen LogP contribution in [0.3, 0.4) is 0 Å². The first-order valence-corrected chi connectivity index (χ1v) is 5.35. The van der Waals surface area contributed by atoms with Crippen LogP contribution in [0, 0.1) is 0 Å². The van der Waals surface area contributed by atoms with Gasteiger partial charge in [0.2, 0.25) is 6.29 Å². The van der Waals surface area contributed by atoms with Gasteiger partial charge in [0.25, 0.3) is 0 Å². The van der Waals surface area contributed by atoms with Crippen molar-refractivity contribution >= 4 is 7.82 Å². The van der Waals surface area contributed by atoms with Crippen LogP contribution in [0.25, 0.3) is 0 Å². The molecule has 0 radical (unpaired) electrons. The van der Waals surface area contributed by atoms with Gasteiger partial charge in [-0.15, -0.1) is 0 Å². The summed E-state index contributed by atoms with van der Waals surface area (Å²) in [6, 6.07) is 8.47. The second-order valence-corrected chi connectivity index (χ2v) is 3.66. The number of hydrogen-bond acceptors (Lipinski definition) is 5. The Labute approximate surface area is 81.5 Å². The normalized spacial score (nSPS) is 13.6. The lowest BCUT2D eigenvalue weighted by Gasteiger charge is -2.31. The van der Waals surface area contributed by atoms with Gasteiger partial charge in [-0.05, 0) is 19.1 Å². The fourth-order valence-corrected chi connectivity index (χ4v) is 1.30. The molecule has 0 N–H and O–H groups in total. The van der Waals surface area contributed by atoms with E-state index in [-0.39, 0.29) is 0 Å². The van der Waals surface area contributed by atoms with Crippen LogP contribution in [-0.2, 0) is 9.09 Å². The van der Waals surface area contributed by atoms with Gasteiger partial charge in [-0.3, -0.25) is 0 Å². The first-order valence-electron chi connectivity index (χ1n) is 3.89. The molecule has 1 atom stereocenters. The van der Waals surface area contributed by atoms with Crippen molar-refractivity contribution in [3.63, 3.8) is 0 Å². The zero-order valence-corrected chi connectivity index (χ0v) is 8.35. The summed E-state index contributed by atoms with van der Waals surface area (Å²) in [6.45, 7) is 1.33. The number of phosphoric ester groups is 1. The topological polar surface area (TPSA) is 81.7 Å². The number of hydrogen-bond donors (Lipinski definition) is 0. The molecule has 78 valence electrons. The average Bonchev–Trinajstić information content (AvgIpc) is 2.02. The molecule has 0 aliphatic rings. The molecule has 0 amide bonds. The minimum atomic E-state index is -4.98. The van der Waals surface area contributed by atoms with Crippen LogP contribution in [0.4, 0.5) is 0 Å². The maximum Gasteiger partial charge on any atom is 0.201 e. The summed E-state index contributed by atoms with van der Waals surface area (Å²) in [5.74, 6) is 0.438. The fraction of sp³-hybridized carbons (Fsp3) is 0.250. The summed E-state index contributed by atoms with van der Waals surface area (Å²) in [6.07, 6.45) is -1.11. The van der Waals surface area contributed by atoms with E-state index >= 15 is 0 Å². The number of rotatable bonds is 4. The van der Waals surface area contributed by atoms with Gasteiger partial charge in [0.15, 0.2) is 0 Å². The predicted octanol–water partition coefficient (Wildman–Crippen LogP) is 0.257. The van der Waals surface area contributed by atoms with Crippen LogP contribution >= 0.6 is 7.82 Å². The third-order valence-corrected chi connectivity index (χ3v) is 1.88. The van der Waals surface area contributed by atoms with Crippen molar-refractivity contribution in [2.24, 2.45) is 0 Å². The molecule has 0 spiro atoms. The lowest BCUT2D eigenvalue weighted by atomic mass is 10.3. The number of phosphoric acid groups is 1. The summed E-state index contributed by atoms with van der Waals surface area (Å²) in [4.78, 5) is 20.4. The molecule has 0 fully saturated rings. The van der Waals surface area contributed by atoms with Crippen molar-refractivity contribution in [1.82, 2.24) is 0 Å². The van der Waals surface area contributed by atoms with E-state index in [1.54, 1.807) is 30.3 Å². The fourth-order valence-electron chi connectivity index (χ4n) is 0.894. The van der Waals surface area contributed by atoms with Crippen molar-refractivity contribution in [3.05, 3.63) is 30.3 Å². The van der Waals surface area contributed by atoms with Crippen LogP contribution in [-0.4, -0.2) is 6.29 Å². The Kier molecular flexibility index (Phi) is 3.66. The molecule has 0 aliphatic heterocycles. The molecule has 1 aromatic rings. The highest BCUT2D eigenvalue weighted by Crippen LogP contribution is 2.27. The maximum atomic E-state index is 10.2. The molecule has 1 rings (SSSR count). The molecule has 1 unspecified atom stereocenters. The first-order chi connectivity index (χ1) is 6.47. The van der Waals surface area contributed by atoms with Crippen molar-refractivity contribution in [2.75, 3.05) is 0 Å². The Bertz CT molecular complexity index is 320. The predicted molar refractivity (Wildman–Crippen MR) is 45.2 cm³/mol. The summed E-state index contributed by atoms with van der Waals surface area (Å²) >= 11 is 0. The lowest BCUT2D eigenvalue weighted by molar-refractivity contribution is -0.349. The Morgan fingerprint density at radius 2 is 1.86 bits per heavy atom. The van der Waals surface area contributed by atoms with E-state index in [2.05, 4.69) is 4.52 Å². The van der Waals surface area contributed by atoms with Gasteiger partial charge >= 0.3 is 0 Å². The van der Waals surface area contributed by atoms with E-state index in [0.717, 1.165) is 0 Å². The highest BCUT2D eigenvalue weighted by molar-refractivity contribution is 7.43. The van der Waals surface area contributed by atoms with E-state index in [1.165, 1.54) is 6.92 Å². The molecule has 0 saturated carbocycles. The molecule has 14 heavy (non-hydrogen) atoms. The van der Waals surface area contributed by atoms with Gasteiger partial charge in [0.1, 0.15) is 5.75 Å². The van der Waals surface area contributed by atoms with Crippen LogP contribution in [0.2, 0.25) is 0 Å². The van der Waals surface area contributed by atoms with E-state index in [9.17, 15) is 14.4 Å². The summed E-state index contributed by atoms with van der Waals surface area (Å²) in [7, 11) is -4.98. The van der Waals surface area contributed by atoms with Crippen molar-refractivity contribution < 1.29 is 23.6 Å². The number of benzene rings is 1. The smallest absolute Gasteiger partial charge is 0.201 e. The second-order valence-electron chi connectivity index (χ2n) is 2.55. The molecule has 5 nitrogen and oxygen atoms in total. The van der Waals surface area contributed by atoms with Crippen LogP contribution in [0.5, 0.6) is 5.75 Å². The number of ether oxygens (including phenoxy) is 1. The van der Waals surface area contributed by atoms with Gasteiger partial charge in [-0.2, -0.15) is 0 Å². The summed E-state index contributed by atoms with van der Waals surface area (Å²) in [5, 5.41) is 0. The monoisotopic (exact) mass is 216 g/mol. The van der Waals surface area contributed by atoms with Gasteiger partial charge in [0, 0.05) is 0 Å². The molecule has 1 aromatic carbocycles. The van der Waals surface area contributed by atoms with Crippen molar-refractivity contribution in [3.8, 4) is 5.75 Å². The van der Waals surface area contributed by atoms with E-state index < -0.39 is 14.1 Å². The Morgan fingerprint density at radius 3 is 2.36 bits per heavy atom. The van der Waals surface area contributed by atoms with Crippen molar-refractivity contribution in [1.29, 1.82) is 0 Å². The highest BCUT2D eigenvalue weighted by atomic mass is 31.2. The van der Waals surface area contributed by atoms with Crippen LogP contribution < -0.4 is 14.5 Å². The lowest BCUT2D eigenvalue weighted by Crippen LogP contribution is -2.24. The molecule has 0 bridgehead atoms. The average molecular weight is 216 g/mol. The summed E-state index contributed by atoms with van der Waals surface area (Å²) < 4.78 is 19.3. The second kappa shape index (κ2) is 4.57. The van der Waals surface area contributed by atoms with Crippen molar-refractivity contribution in [2.45, 2.75) is 13.2 Å². The zero-order valence-electron chi connectivity index (χ0n) is 7.45. The van der Waals surface area contributed by atoms with E-state index in [1.807, 2.05) is 0 Å². The van der Waals surface area contributed by atoms with E-state index in [4.69, 9.17) is 4.74 Å². The van der Waals surface area contributed by atoms with Crippen LogP contribution in [0.1, 0.15) is 6.92 Å². The van der Waals surface area contributed by atoms with Gasteiger partial charge in [-0.1, -0.05) is 18.2 Å². The summed E-state index contributed by atoms with van der Waals surface area (Å²) in [5.41, 5.74) is 0. The maximum absolute atomic E-state index is 10.2. The third-order valence-electron chi connectivity index (χ3n) is 1.32. The Morgan fingerprint density at radius 1 is 1.29 bits per heavy atom. The Hall–Kier alpha value is -0.870. The third kappa shape index (κ3) is 4.39. The molecule has 6 heteroatoms. The zero-order chi connectivity index (χ0) is 10.6. The first kappa shape index (κ1) is 11.2. The van der Waals surface area contributed by atoms with E-state index in [0.29, 0.717) is 5.75 Å². The minimum Gasteiger partial charge on any atom is -0.790 e. The molecule has 0 saturated heterocycles.